The number of sulfonamides is 1. The molecule has 0 aliphatic heterocycles. The van der Waals surface area contributed by atoms with Crippen LogP contribution >= 0.6 is 11.6 Å². The number of aromatic amines is 1. The summed E-state index contributed by atoms with van der Waals surface area (Å²) in [5.41, 5.74) is 5.76. The summed E-state index contributed by atoms with van der Waals surface area (Å²) in [5, 5.41) is 11.7. The third-order valence-corrected chi connectivity index (χ3v) is 3.90. The van der Waals surface area contributed by atoms with Crippen molar-refractivity contribution in [1.29, 1.82) is 0 Å². The number of nitrogens with zero attached hydrogens (tertiary/aromatic N) is 2. The number of H-pyrrole nitrogens is 1. The van der Waals surface area contributed by atoms with Gasteiger partial charge in [-0.05, 0) is 18.2 Å². The first-order valence-electron chi connectivity index (χ1n) is 5.22. The SMILES string of the molecule is NC(=NO)c1ccc(Cl)cc1NS(=O)(=O)c1cnc[nH]1. The molecule has 8 nitrogen and oxygen atoms in total. The average Bonchev–Trinajstić information content (AvgIpc) is 2.92. The van der Waals surface area contributed by atoms with Crippen molar-refractivity contribution < 1.29 is 13.6 Å². The monoisotopic (exact) mass is 315 g/mol. The Hall–Kier alpha value is -2.26. The third kappa shape index (κ3) is 2.83. The standard InChI is InChI=1S/C10H10ClN5O3S/c11-6-1-2-7(10(12)15-17)8(3-6)16-20(18,19)9-4-13-5-14-9/h1-5,16-17H,(H2,12,15)(H,13,14). The van der Waals surface area contributed by atoms with Crippen LogP contribution in [-0.2, 0) is 10.0 Å². The van der Waals surface area contributed by atoms with Crippen LogP contribution in [0.5, 0.6) is 0 Å². The second kappa shape index (κ2) is 5.39. The zero-order chi connectivity index (χ0) is 14.8. The molecule has 0 atom stereocenters. The van der Waals surface area contributed by atoms with Gasteiger partial charge in [-0.25, -0.2) is 4.98 Å². The first-order chi connectivity index (χ1) is 9.44. The van der Waals surface area contributed by atoms with Gasteiger partial charge < -0.3 is 15.9 Å². The molecule has 0 amide bonds. The summed E-state index contributed by atoms with van der Waals surface area (Å²) in [6.07, 6.45) is 2.38. The number of amidine groups is 1. The van der Waals surface area contributed by atoms with E-state index in [2.05, 4.69) is 19.8 Å². The van der Waals surface area contributed by atoms with Crippen LogP contribution in [0.4, 0.5) is 5.69 Å². The van der Waals surface area contributed by atoms with E-state index < -0.39 is 10.0 Å². The summed E-state index contributed by atoms with van der Waals surface area (Å²) >= 11 is 5.82. The van der Waals surface area contributed by atoms with Crippen molar-refractivity contribution in [3.05, 3.63) is 41.3 Å². The predicted molar refractivity (Wildman–Crippen MR) is 73.4 cm³/mol. The predicted octanol–water partition coefficient (Wildman–Crippen LogP) is 0.958. The van der Waals surface area contributed by atoms with Crippen LogP contribution in [0.1, 0.15) is 5.56 Å². The van der Waals surface area contributed by atoms with Crippen LogP contribution in [0.3, 0.4) is 0 Å². The molecular formula is C10H10ClN5O3S. The molecule has 0 spiro atoms. The van der Waals surface area contributed by atoms with Gasteiger partial charge in [-0.1, -0.05) is 16.8 Å². The smallest absolute Gasteiger partial charge is 0.278 e. The number of oxime groups is 1. The number of halogens is 1. The number of benzene rings is 1. The van der Waals surface area contributed by atoms with E-state index in [0.29, 0.717) is 5.02 Å². The molecule has 5 N–H and O–H groups in total. The lowest BCUT2D eigenvalue weighted by atomic mass is 10.1. The van der Waals surface area contributed by atoms with Gasteiger partial charge in [0.25, 0.3) is 10.0 Å². The molecule has 1 heterocycles. The fourth-order valence-electron chi connectivity index (χ4n) is 1.47. The number of nitrogens with two attached hydrogens (primary N) is 1. The van der Waals surface area contributed by atoms with E-state index in [1.807, 2.05) is 0 Å². The molecule has 1 aromatic carbocycles. The number of imidazole rings is 1. The lowest BCUT2D eigenvalue weighted by Crippen LogP contribution is -2.19. The Morgan fingerprint density at radius 2 is 2.25 bits per heavy atom. The van der Waals surface area contributed by atoms with Crippen LogP contribution in [-0.4, -0.2) is 29.4 Å². The van der Waals surface area contributed by atoms with Gasteiger partial charge in [0, 0.05) is 10.6 Å². The molecule has 2 aromatic rings. The Morgan fingerprint density at radius 1 is 1.50 bits per heavy atom. The van der Waals surface area contributed by atoms with Crippen molar-refractivity contribution in [3.8, 4) is 0 Å². The fraction of sp³-hybridized carbons (Fsp3) is 0. The van der Waals surface area contributed by atoms with Crippen LogP contribution in [0.2, 0.25) is 5.02 Å². The average molecular weight is 316 g/mol. The molecule has 2 rings (SSSR count). The molecule has 0 saturated heterocycles. The van der Waals surface area contributed by atoms with Gasteiger partial charge in [0.2, 0.25) is 0 Å². The van der Waals surface area contributed by atoms with Gasteiger partial charge >= 0.3 is 0 Å². The molecule has 20 heavy (non-hydrogen) atoms. The molecule has 0 radical (unpaired) electrons. The lowest BCUT2D eigenvalue weighted by molar-refractivity contribution is 0.318. The molecule has 0 bridgehead atoms. The molecule has 0 unspecified atom stereocenters. The highest BCUT2D eigenvalue weighted by atomic mass is 35.5. The summed E-state index contributed by atoms with van der Waals surface area (Å²) in [4.78, 5) is 6.10. The van der Waals surface area contributed by atoms with E-state index in [9.17, 15) is 8.42 Å². The van der Waals surface area contributed by atoms with Crippen molar-refractivity contribution in [2.24, 2.45) is 10.9 Å². The minimum absolute atomic E-state index is 0.0856. The van der Waals surface area contributed by atoms with E-state index in [1.54, 1.807) is 0 Å². The maximum Gasteiger partial charge on any atom is 0.278 e. The topological polar surface area (TPSA) is 133 Å². The van der Waals surface area contributed by atoms with E-state index in [-0.39, 0.29) is 22.1 Å². The highest BCUT2D eigenvalue weighted by Gasteiger charge is 2.18. The van der Waals surface area contributed by atoms with E-state index in [1.165, 1.54) is 24.5 Å². The number of hydrogen-bond acceptors (Lipinski definition) is 5. The number of aromatic nitrogens is 2. The Labute approximate surface area is 119 Å². The fourth-order valence-corrected chi connectivity index (χ4v) is 2.62. The third-order valence-electron chi connectivity index (χ3n) is 2.37. The van der Waals surface area contributed by atoms with Crippen LogP contribution < -0.4 is 10.5 Å². The summed E-state index contributed by atoms with van der Waals surface area (Å²) in [6, 6.07) is 4.27. The Bertz CT molecular complexity index is 742. The van der Waals surface area contributed by atoms with Crippen molar-refractivity contribution in [2.45, 2.75) is 5.03 Å². The summed E-state index contributed by atoms with van der Waals surface area (Å²) in [7, 11) is -3.87. The van der Waals surface area contributed by atoms with E-state index >= 15 is 0 Å². The second-order valence-electron chi connectivity index (χ2n) is 3.70. The second-order valence-corrected chi connectivity index (χ2v) is 5.78. The van der Waals surface area contributed by atoms with Crippen LogP contribution in [0, 0.1) is 0 Å². The lowest BCUT2D eigenvalue weighted by Gasteiger charge is -2.11. The molecule has 0 fully saturated rings. The normalized spacial score (nSPS) is 12.3. The molecule has 106 valence electrons. The van der Waals surface area contributed by atoms with Gasteiger partial charge in [-0.3, -0.25) is 4.72 Å². The van der Waals surface area contributed by atoms with Crippen molar-refractivity contribution in [1.82, 2.24) is 9.97 Å². The number of nitrogens with one attached hydrogen (secondary N) is 2. The Kier molecular flexibility index (Phi) is 3.81. The molecule has 0 aliphatic rings. The summed E-state index contributed by atoms with van der Waals surface area (Å²) in [6.45, 7) is 0. The first-order valence-corrected chi connectivity index (χ1v) is 7.09. The van der Waals surface area contributed by atoms with Gasteiger partial charge in [-0.15, -0.1) is 0 Å². The first kappa shape index (κ1) is 14.2. The number of hydrogen-bond donors (Lipinski definition) is 4. The quantitative estimate of drug-likeness (QED) is 0.288. The largest absolute Gasteiger partial charge is 0.409 e. The van der Waals surface area contributed by atoms with Crippen LogP contribution in [0.15, 0.2) is 40.9 Å². The highest BCUT2D eigenvalue weighted by molar-refractivity contribution is 7.92. The van der Waals surface area contributed by atoms with Gasteiger partial charge in [0.1, 0.15) is 0 Å². The van der Waals surface area contributed by atoms with Crippen LogP contribution in [0.25, 0.3) is 0 Å². The molecule has 10 heteroatoms. The zero-order valence-corrected chi connectivity index (χ0v) is 11.5. The minimum atomic E-state index is -3.87. The van der Waals surface area contributed by atoms with Crippen molar-refractivity contribution in [2.75, 3.05) is 4.72 Å². The number of rotatable bonds is 4. The summed E-state index contributed by atoms with van der Waals surface area (Å²) in [5.74, 6) is -0.246. The molecule has 1 aromatic heterocycles. The molecule has 0 saturated carbocycles. The number of anilines is 1. The van der Waals surface area contributed by atoms with Gasteiger partial charge in [0.15, 0.2) is 10.9 Å². The van der Waals surface area contributed by atoms with Gasteiger partial charge in [-0.2, -0.15) is 8.42 Å². The maximum atomic E-state index is 12.1. The zero-order valence-electron chi connectivity index (χ0n) is 9.91. The van der Waals surface area contributed by atoms with E-state index in [4.69, 9.17) is 22.5 Å². The molecular weight excluding hydrogens is 306 g/mol. The maximum absolute atomic E-state index is 12.1. The van der Waals surface area contributed by atoms with Crippen molar-refractivity contribution in [3.63, 3.8) is 0 Å². The molecule has 0 aliphatic carbocycles. The minimum Gasteiger partial charge on any atom is -0.409 e. The Morgan fingerprint density at radius 3 is 2.85 bits per heavy atom. The Balaban J connectivity index is 2.46. The summed E-state index contributed by atoms with van der Waals surface area (Å²) < 4.78 is 26.4. The highest BCUT2D eigenvalue weighted by Crippen LogP contribution is 2.23. The van der Waals surface area contributed by atoms with Crippen molar-refractivity contribution >= 4 is 33.1 Å². The van der Waals surface area contributed by atoms with E-state index in [0.717, 1.165) is 6.20 Å². The van der Waals surface area contributed by atoms with Gasteiger partial charge in [0.05, 0.1) is 18.2 Å².